The van der Waals surface area contributed by atoms with Gasteiger partial charge in [0.25, 0.3) is 0 Å². The highest BCUT2D eigenvalue weighted by atomic mass is 16.5. The molecule has 4 rings (SSSR count). The fourth-order valence-electron chi connectivity index (χ4n) is 3.29. The number of aryl methyl sites for hydroxylation is 2. The van der Waals surface area contributed by atoms with E-state index in [1.165, 1.54) is 44.2 Å². The molecule has 0 fully saturated rings. The molecule has 132 valence electrons. The van der Waals surface area contributed by atoms with E-state index in [1.54, 1.807) is 0 Å². The van der Waals surface area contributed by atoms with Crippen LogP contribution in [0.2, 0.25) is 0 Å². The summed E-state index contributed by atoms with van der Waals surface area (Å²) in [5.74, 6) is 0. The van der Waals surface area contributed by atoms with Crippen LogP contribution in [0.4, 0.5) is 0 Å². The first kappa shape index (κ1) is 19.2. The maximum atomic E-state index is 5.94. The van der Waals surface area contributed by atoms with Crippen LogP contribution in [-0.4, -0.2) is 0 Å². The zero-order valence-electron chi connectivity index (χ0n) is 16.4. The number of rotatable bonds is 0. The Labute approximate surface area is 152 Å². The Morgan fingerprint density at radius 1 is 0.680 bits per heavy atom. The summed E-state index contributed by atoms with van der Waals surface area (Å²) in [7, 11) is 0. The normalized spacial score (nSPS) is 11.9. The molecule has 1 nitrogen and oxygen atoms in total. The van der Waals surface area contributed by atoms with Crippen LogP contribution in [0.3, 0.4) is 0 Å². The highest BCUT2D eigenvalue weighted by Gasteiger charge is 2.16. The molecule has 1 heteroatoms. The second kappa shape index (κ2) is 8.82. The Kier molecular flexibility index (Phi) is 6.78. The monoisotopic (exact) mass is 334 g/mol. The van der Waals surface area contributed by atoms with Crippen LogP contribution in [0.1, 0.15) is 49.9 Å². The zero-order valence-corrected chi connectivity index (χ0v) is 16.4. The van der Waals surface area contributed by atoms with Gasteiger partial charge in [0.05, 0.1) is 13.2 Å². The Balaban J connectivity index is 0.000000528. The van der Waals surface area contributed by atoms with Gasteiger partial charge >= 0.3 is 0 Å². The SMILES string of the molecule is CC.CC.Cc1ccc2c(c1)COCc1c-2ccc2cc(C)ccc12. The van der Waals surface area contributed by atoms with Gasteiger partial charge in [-0.25, -0.2) is 0 Å². The van der Waals surface area contributed by atoms with Gasteiger partial charge in [-0.3, -0.25) is 0 Å². The van der Waals surface area contributed by atoms with Crippen molar-refractivity contribution in [2.24, 2.45) is 0 Å². The maximum absolute atomic E-state index is 5.94. The molecule has 0 aliphatic carbocycles. The van der Waals surface area contributed by atoms with Crippen LogP contribution in [0.15, 0.2) is 48.5 Å². The minimum atomic E-state index is 0.684. The fourth-order valence-corrected chi connectivity index (χ4v) is 3.29. The van der Waals surface area contributed by atoms with E-state index in [0.717, 1.165) is 0 Å². The molecule has 1 aliphatic heterocycles. The van der Waals surface area contributed by atoms with Crippen molar-refractivity contribution >= 4 is 10.8 Å². The summed E-state index contributed by atoms with van der Waals surface area (Å²) in [4.78, 5) is 0. The third-order valence-electron chi connectivity index (χ3n) is 4.34. The topological polar surface area (TPSA) is 9.23 Å². The standard InChI is InChI=1S/C20H18O.2C2H6/c1-13-3-6-17-15(9-13)5-8-19-18-7-4-14(2)10-16(18)11-21-12-20(17)19;2*1-2/h3-10H,11-12H2,1-2H3;2*1-2H3. The molecule has 0 aromatic heterocycles. The maximum Gasteiger partial charge on any atom is 0.0733 e. The highest BCUT2D eigenvalue weighted by Crippen LogP contribution is 2.36. The van der Waals surface area contributed by atoms with Gasteiger partial charge in [-0.15, -0.1) is 0 Å². The highest BCUT2D eigenvalue weighted by molar-refractivity contribution is 5.92. The van der Waals surface area contributed by atoms with Crippen LogP contribution < -0.4 is 0 Å². The van der Waals surface area contributed by atoms with Gasteiger partial charge in [0.2, 0.25) is 0 Å². The van der Waals surface area contributed by atoms with Crippen molar-refractivity contribution in [1.29, 1.82) is 0 Å². The summed E-state index contributed by atoms with van der Waals surface area (Å²) in [6.45, 7) is 13.7. The molecule has 0 bridgehead atoms. The molecular weight excluding hydrogens is 304 g/mol. The molecule has 0 unspecified atom stereocenters. The summed E-state index contributed by atoms with van der Waals surface area (Å²) < 4.78 is 5.94. The number of ether oxygens (including phenoxy) is 1. The van der Waals surface area contributed by atoms with Crippen LogP contribution in [0.25, 0.3) is 21.9 Å². The molecule has 0 amide bonds. The zero-order chi connectivity index (χ0) is 18.4. The van der Waals surface area contributed by atoms with Gasteiger partial charge in [0.1, 0.15) is 0 Å². The molecule has 0 spiro atoms. The van der Waals surface area contributed by atoms with Gasteiger partial charge < -0.3 is 4.74 Å². The van der Waals surface area contributed by atoms with E-state index in [-0.39, 0.29) is 0 Å². The lowest BCUT2D eigenvalue weighted by Crippen LogP contribution is -1.92. The predicted molar refractivity (Wildman–Crippen MR) is 110 cm³/mol. The number of hydrogen-bond acceptors (Lipinski definition) is 1. The van der Waals surface area contributed by atoms with E-state index in [4.69, 9.17) is 4.74 Å². The molecular formula is C24H30O. The molecule has 0 atom stereocenters. The van der Waals surface area contributed by atoms with E-state index < -0.39 is 0 Å². The third-order valence-corrected chi connectivity index (χ3v) is 4.34. The van der Waals surface area contributed by atoms with Crippen LogP contribution >= 0.6 is 0 Å². The second-order valence-corrected chi connectivity index (χ2v) is 5.97. The van der Waals surface area contributed by atoms with E-state index in [1.807, 2.05) is 27.7 Å². The Hall–Kier alpha value is -2.12. The number of hydrogen-bond donors (Lipinski definition) is 0. The van der Waals surface area contributed by atoms with Crippen LogP contribution in [0.5, 0.6) is 0 Å². The number of benzene rings is 3. The minimum Gasteiger partial charge on any atom is -0.372 e. The lowest BCUT2D eigenvalue weighted by Gasteiger charge is -2.12. The lowest BCUT2D eigenvalue weighted by atomic mass is 9.91. The Bertz CT molecular complexity index is 846. The first-order valence-corrected chi connectivity index (χ1v) is 9.42. The first-order chi connectivity index (χ1) is 12.2. The molecule has 3 aromatic rings. The number of fused-ring (bicyclic) bond motifs is 5. The molecule has 0 N–H and O–H groups in total. The first-order valence-electron chi connectivity index (χ1n) is 9.42. The smallest absolute Gasteiger partial charge is 0.0733 e. The molecule has 0 saturated heterocycles. The summed E-state index contributed by atoms with van der Waals surface area (Å²) in [6.07, 6.45) is 0. The second-order valence-electron chi connectivity index (χ2n) is 5.97. The van der Waals surface area contributed by atoms with Crippen molar-refractivity contribution < 1.29 is 4.74 Å². The molecule has 1 aliphatic rings. The molecule has 3 aromatic carbocycles. The van der Waals surface area contributed by atoms with Gasteiger partial charge in [0.15, 0.2) is 0 Å². The van der Waals surface area contributed by atoms with Gasteiger partial charge in [-0.2, -0.15) is 0 Å². The van der Waals surface area contributed by atoms with Crippen molar-refractivity contribution in [3.63, 3.8) is 0 Å². The van der Waals surface area contributed by atoms with Crippen molar-refractivity contribution in [2.45, 2.75) is 54.8 Å². The average molecular weight is 335 g/mol. The quantitative estimate of drug-likeness (QED) is 0.422. The van der Waals surface area contributed by atoms with E-state index in [9.17, 15) is 0 Å². The van der Waals surface area contributed by atoms with Crippen molar-refractivity contribution in [1.82, 2.24) is 0 Å². The van der Waals surface area contributed by atoms with E-state index in [0.29, 0.717) is 13.2 Å². The Morgan fingerprint density at radius 3 is 2.08 bits per heavy atom. The molecule has 1 heterocycles. The fraction of sp³-hybridized carbons (Fsp3) is 0.333. The molecule has 25 heavy (non-hydrogen) atoms. The molecule has 0 radical (unpaired) electrons. The van der Waals surface area contributed by atoms with Gasteiger partial charge in [-0.1, -0.05) is 87.4 Å². The van der Waals surface area contributed by atoms with Crippen LogP contribution in [0, 0.1) is 13.8 Å². The molecule has 0 saturated carbocycles. The summed E-state index contributed by atoms with van der Waals surface area (Å²) in [5, 5.41) is 2.61. The summed E-state index contributed by atoms with van der Waals surface area (Å²) >= 11 is 0. The predicted octanol–water partition coefficient (Wildman–Crippen LogP) is 7.21. The average Bonchev–Trinajstić information content (AvgIpc) is 2.83. The largest absolute Gasteiger partial charge is 0.372 e. The lowest BCUT2D eigenvalue weighted by molar-refractivity contribution is 0.110. The Morgan fingerprint density at radius 2 is 1.32 bits per heavy atom. The van der Waals surface area contributed by atoms with Crippen molar-refractivity contribution in [3.05, 3.63) is 70.8 Å². The van der Waals surface area contributed by atoms with E-state index >= 15 is 0 Å². The van der Waals surface area contributed by atoms with Gasteiger partial charge in [-0.05, 0) is 46.9 Å². The van der Waals surface area contributed by atoms with Crippen LogP contribution in [-0.2, 0) is 18.0 Å². The third kappa shape index (κ3) is 3.93. The van der Waals surface area contributed by atoms with Crippen molar-refractivity contribution in [3.8, 4) is 11.1 Å². The van der Waals surface area contributed by atoms with Gasteiger partial charge in [0, 0.05) is 0 Å². The summed E-state index contributed by atoms with van der Waals surface area (Å²) in [5.41, 5.74) is 7.83. The van der Waals surface area contributed by atoms with E-state index in [2.05, 4.69) is 62.4 Å². The minimum absolute atomic E-state index is 0.684. The summed E-state index contributed by atoms with van der Waals surface area (Å²) in [6, 6.07) is 17.8. The van der Waals surface area contributed by atoms with Crippen molar-refractivity contribution in [2.75, 3.05) is 0 Å².